The average Bonchev–Trinajstić information content (AvgIpc) is 2.45. The lowest BCUT2D eigenvalue weighted by molar-refractivity contribution is 0.104. The molecule has 18 heavy (non-hydrogen) atoms. The fourth-order valence-corrected chi connectivity index (χ4v) is 2.33. The lowest BCUT2D eigenvalue weighted by Crippen LogP contribution is -2.37. The topological polar surface area (TPSA) is 49.1 Å². The van der Waals surface area contributed by atoms with Crippen molar-refractivity contribution in [3.63, 3.8) is 0 Å². The average molecular weight is 245 g/mol. The predicted molar refractivity (Wildman–Crippen MR) is 70.4 cm³/mol. The molecule has 96 valence electrons. The molecule has 4 heteroatoms. The zero-order valence-electron chi connectivity index (χ0n) is 10.8. The maximum atomic E-state index is 8.76. The third-order valence-electron chi connectivity index (χ3n) is 3.28. The first-order valence-electron chi connectivity index (χ1n) is 6.52. The van der Waals surface area contributed by atoms with Crippen LogP contribution in [0.5, 0.6) is 0 Å². The molecule has 1 aromatic rings. The number of aromatic nitrogens is 1. The van der Waals surface area contributed by atoms with Gasteiger partial charge < -0.3 is 9.64 Å². The predicted octanol–water partition coefficient (Wildman–Crippen LogP) is 2.21. The maximum absolute atomic E-state index is 8.76. The summed E-state index contributed by atoms with van der Waals surface area (Å²) in [6, 6.07) is 5.85. The fourth-order valence-electron chi connectivity index (χ4n) is 2.33. The van der Waals surface area contributed by atoms with Gasteiger partial charge in [-0.2, -0.15) is 5.26 Å². The quantitative estimate of drug-likeness (QED) is 0.816. The molecule has 1 aliphatic rings. The van der Waals surface area contributed by atoms with Crippen molar-refractivity contribution in [1.82, 2.24) is 4.98 Å². The van der Waals surface area contributed by atoms with Gasteiger partial charge in [0.15, 0.2) is 0 Å². The standard InChI is InChI=1S/C14H19N3O/c1-2-18-11-13-4-3-7-17(10-13)14-6-5-12(8-15)9-16-14/h5-6,9,13H,2-4,7,10-11H2,1H3. The summed E-state index contributed by atoms with van der Waals surface area (Å²) >= 11 is 0. The van der Waals surface area contributed by atoms with Gasteiger partial charge in [-0.1, -0.05) is 0 Å². The van der Waals surface area contributed by atoms with Crippen molar-refractivity contribution < 1.29 is 4.74 Å². The molecule has 2 heterocycles. The summed E-state index contributed by atoms with van der Waals surface area (Å²) < 4.78 is 5.50. The van der Waals surface area contributed by atoms with Crippen molar-refractivity contribution in [3.05, 3.63) is 23.9 Å². The number of pyridine rings is 1. The van der Waals surface area contributed by atoms with Gasteiger partial charge in [0, 0.05) is 25.9 Å². The second kappa shape index (κ2) is 6.36. The van der Waals surface area contributed by atoms with Gasteiger partial charge in [-0.3, -0.25) is 0 Å². The number of piperidine rings is 1. The van der Waals surface area contributed by atoms with E-state index in [1.807, 2.05) is 19.1 Å². The number of nitriles is 1. The number of nitrogens with zero attached hydrogens (tertiary/aromatic N) is 3. The Morgan fingerprint density at radius 1 is 1.56 bits per heavy atom. The zero-order chi connectivity index (χ0) is 12.8. The molecule has 0 aliphatic carbocycles. The van der Waals surface area contributed by atoms with Gasteiger partial charge >= 0.3 is 0 Å². The second-order valence-corrected chi connectivity index (χ2v) is 4.63. The van der Waals surface area contributed by atoms with Crippen molar-refractivity contribution in [2.24, 2.45) is 5.92 Å². The molecule has 0 radical (unpaired) electrons. The fraction of sp³-hybridized carbons (Fsp3) is 0.571. The van der Waals surface area contributed by atoms with Gasteiger partial charge in [-0.15, -0.1) is 0 Å². The van der Waals surface area contributed by atoms with Crippen LogP contribution in [0.25, 0.3) is 0 Å². The molecule has 2 rings (SSSR count). The zero-order valence-corrected chi connectivity index (χ0v) is 10.8. The Kier molecular flexibility index (Phi) is 4.54. The normalized spacial score (nSPS) is 19.6. The SMILES string of the molecule is CCOCC1CCCN(c2ccc(C#N)cn2)C1. The Bertz CT molecular complexity index is 410. The van der Waals surface area contributed by atoms with Crippen LogP contribution in [0, 0.1) is 17.2 Å². The Morgan fingerprint density at radius 2 is 2.44 bits per heavy atom. The number of ether oxygens (including phenoxy) is 1. The summed E-state index contributed by atoms with van der Waals surface area (Å²) in [6.07, 6.45) is 4.05. The number of rotatable bonds is 4. The number of anilines is 1. The Labute approximate surface area is 108 Å². The first kappa shape index (κ1) is 12.8. The maximum Gasteiger partial charge on any atom is 0.128 e. The van der Waals surface area contributed by atoms with Crippen LogP contribution in [0.2, 0.25) is 0 Å². The highest BCUT2D eigenvalue weighted by atomic mass is 16.5. The highest BCUT2D eigenvalue weighted by Crippen LogP contribution is 2.21. The highest BCUT2D eigenvalue weighted by Gasteiger charge is 2.20. The van der Waals surface area contributed by atoms with E-state index >= 15 is 0 Å². The smallest absolute Gasteiger partial charge is 0.128 e. The molecule has 0 saturated carbocycles. The van der Waals surface area contributed by atoms with E-state index in [2.05, 4.69) is 16.0 Å². The van der Waals surface area contributed by atoms with Crippen LogP contribution in [0.4, 0.5) is 5.82 Å². The molecule has 0 amide bonds. The minimum absolute atomic E-state index is 0.594. The minimum atomic E-state index is 0.594. The summed E-state index contributed by atoms with van der Waals surface area (Å²) in [5.74, 6) is 1.56. The summed E-state index contributed by atoms with van der Waals surface area (Å²) in [4.78, 5) is 6.64. The molecular weight excluding hydrogens is 226 g/mol. The summed E-state index contributed by atoms with van der Waals surface area (Å²) in [6.45, 7) is 5.69. The molecule has 1 saturated heterocycles. The third-order valence-corrected chi connectivity index (χ3v) is 3.28. The molecule has 1 aromatic heterocycles. The van der Waals surface area contributed by atoms with Gasteiger partial charge in [0.25, 0.3) is 0 Å². The van der Waals surface area contributed by atoms with Gasteiger partial charge in [0.1, 0.15) is 11.9 Å². The van der Waals surface area contributed by atoms with E-state index < -0.39 is 0 Å². The monoisotopic (exact) mass is 245 g/mol. The summed E-state index contributed by atoms with van der Waals surface area (Å²) in [5, 5.41) is 8.76. The molecular formula is C14H19N3O. The van der Waals surface area contributed by atoms with E-state index in [9.17, 15) is 0 Å². The summed E-state index contributed by atoms with van der Waals surface area (Å²) in [7, 11) is 0. The number of hydrogen-bond donors (Lipinski definition) is 0. The van der Waals surface area contributed by atoms with Crippen molar-refractivity contribution in [1.29, 1.82) is 5.26 Å². The van der Waals surface area contributed by atoms with Crippen molar-refractivity contribution in [2.75, 3.05) is 31.2 Å². The highest BCUT2D eigenvalue weighted by molar-refractivity contribution is 5.42. The van der Waals surface area contributed by atoms with E-state index in [0.29, 0.717) is 11.5 Å². The Morgan fingerprint density at radius 3 is 3.11 bits per heavy atom. The first-order valence-corrected chi connectivity index (χ1v) is 6.52. The van der Waals surface area contributed by atoms with E-state index in [1.165, 1.54) is 12.8 Å². The Hall–Kier alpha value is -1.60. The van der Waals surface area contributed by atoms with Gasteiger partial charge in [-0.25, -0.2) is 4.98 Å². The van der Waals surface area contributed by atoms with Crippen molar-refractivity contribution >= 4 is 5.82 Å². The van der Waals surface area contributed by atoms with E-state index in [1.54, 1.807) is 6.20 Å². The molecule has 0 bridgehead atoms. The van der Waals surface area contributed by atoms with E-state index in [-0.39, 0.29) is 0 Å². The molecule has 1 unspecified atom stereocenters. The molecule has 0 spiro atoms. The van der Waals surface area contributed by atoms with Crippen molar-refractivity contribution in [3.8, 4) is 6.07 Å². The number of hydrogen-bond acceptors (Lipinski definition) is 4. The third kappa shape index (κ3) is 3.21. The molecule has 1 fully saturated rings. The van der Waals surface area contributed by atoms with Crippen LogP contribution in [-0.2, 0) is 4.74 Å². The Balaban J connectivity index is 1.97. The van der Waals surface area contributed by atoms with Crippen LogP contribution in [-0.4, -0.2) is 31.3 Å². The molecule has 0 aromatic carbocycles. The van der Waals surface area contributed by atoms with Crippen LogP contribution in [0.15, 0.2) is 18.3 Å². The lowest BCUT2D eigenvalue weighted by Gasteiger charge is -2.33. The van der Waals surface area contributed by atoms with E-state index in [0.717, 1.165) is 32.1 Å². The van der Waals surface area contributed by atoms with Crippen LogP contribution in [0.3, 0.4) is 0 Å². The summed E-state index contributed by atoms with van der Waals surface area (Å²) in [5.41, 5.74) is 0.613. The van der Waals surface area contributed by atoms with Crippen molar-refractivity contribution in [2.45, 2.75) is 19.8 Å². The largest absolute Gasteiger partial charge is 0.381 e. The lowest BCUT2D eigenvalue weighted by atomic mass is 9.99. The molecule has 0 N–H and O–H groups in total. The van der Waals surface area contributed by atoms with Gasteiger partial charge in [0.05, 0.1) is 12.2 Å². The molecule has 1 aliphatic heterocycles. The van der Waals surface area contributed by atoms with Crippen LogP contribution in [0.1, 0.15) is 25.3 Å². The molecule has 4 nitrogen and oxygen atoms in total. The molecule has 1 atom stereocenters. The first-order chi connectivity index (χ1) is 8.83. The second-order valence-electron chi connectivity index (χ2n) is 4.63. The van der Waals surface area contributed by atoms with Gasteiger partial charge in [-0.05, 0) is 37.8 Å². The van der Waals surface area contributed by atoms with Crippen LogP contribution < -0.4 is 4.90 Å². The van der Waals surface area contributed by atoms with Crippen LogP contribution >= 0.6 is 0 Å². The minimum Gasteiger partial charge on any atom is -0.381 e. The van der Waals surface area contributed by atoms with Gasteiger partial charge in [0.2, 0.25) is 0 Å². The van der Waals surface area contributed by atoms with E-state index in [4.69, 9.17) is 10.00 Å².